The van der Waals surface area contributed by atoms with Gasteiger partial charge in [-0.1, -0.05) is 54.7 Å². The molecule has 0 radical (unpaired) electrons. The molecule has 5 nitrogen and oxygen atoms in total. The number of thiophene rings is 1. The van der Waals surface area contributed by atoms with Crippen molar-refractivity contribution < 1.29 is 14.3 Å². The Balaban J connectivity index is 1.59. The van der Waals surface area contributed by atoms with E-state index in [9.17, 15) is 9.59 Å². The van der Waals surface area contributed by atoms with Crippen LogP contribution in [0, 0.1) is 5.92 Å². The number of anilines is 1. The maximum Gasteiger partial charge on any atom is 0.341 e. The number of nitrogens with zero attached hydrogens (tertiary/aromatic N) is 1. The van der Waals surface area contributed by atoms with Crippen molar-refractivity contribution in [2.75, 3.05) is 12.4 Å². The minimum Gasteiger partial charge on any atom is -0.465 e. The van der Waals surface area contributed by atoms with Crippen LogP contribution >= 0.6 is 34.5 Å². The summed E-state index contributed by atoms with van der Waals surface area (Å²) in [6.45, 7) is 2.19. The summed E-state index contributed by atoms with van der Waals surface area (Å²) < 4.78 is 5.09. The number of rotatable bonds is 5. The molecule has 0 saturated carbocycles. The fourth-order valence-corrected chi connectivity index (χ4v) is 6.63. The zero-order valence-electron chi connectivity index (χ0n) is 19.9. The summed E-state index contributed by atoms with van der Waals surface area (Å²) >= 11 is 14.0. The molecule has 184 valence electrons. The number of ether oxygens (including phenoxy) is 1. The Hall–Kier alpha value is -2.93. The van der Waals surface area contributed by atoms with Crippen molar-refractivity contribution in [2.24, 2.45) is 5.92 Å². The number of nitrogens with one attached hydrogen (secondary N) is 1. The van der Waals surface area contributed by atoms with Crippen molar-refractivity contribution in [3.63, 3.8) is 0 Å². The van der Waals surface area contributed by atoms with Gasteiger partial charge in [0.1, 0.15) is 5.00 Å². The molecule has 2 aromatic heterocycles. The highest BCUT2D eigenvalue weighted by atomic mass is 35.5. The van der Waals surface area contributed by atoms with E-state index < -0.39 is 5.97 Å². The molecule has 2 heterocycles. The van der Waals surface area contributed by atoms with Gasteiger partial charge < -0.3 is 10.1 Å². The Bertz CT molecular complexity index is 1500. The normalized spacial score (nSPS) is 14.9. The number of para-hydroxylation sites is 1. The first-order chi connectivity index (χ1) is 17.4. The number of aromatic nitrogens is 1. The highest BCUT2D eigenvalue weighted by Crippen LogP contribution is 2.41. The predicted molar refractivity (Wildman–Crippen MR) is 147 cm³/mol. The van der Waals surface area contributed by atoms with Crippen molar-refractivity contribution in [1.82, 2.24) is 4.98 Å². The highest BCUT2D eigenvalue weighted by molar-refractivity contribution is 7.17. The van der Waals surface area contributed by atoms with Crippen molar-refractivity contribution in [3.8, 4) is 11.3 Å². The Kier molecular flexibility index (Phi) is 7.02. The molecule has 0 spiro atoms. The van der Waals surface area contributed by atoms with E-state index in [2.05, 4.69) is 12.2 Å². The highest BCUT2D eigenvalue weighted by Gasteiger charge is 2.30. The molecule has 1 amide bonds. The van der Waals surface area contributed by atoms with Crippen molar-refractivity contribution in [2.45, 2.75) is 32.6 Å². The molecule has 1 unspecified atom stereocenters. The van der Waals surface area contributed by atoms with Crippen molar-refractivity contribution in [1.29, 1.82) is 0 Å². The summed E-state index contributed by atoms with van der Waals surface area (Å²) in [6.07, 6.45) is 3.83. The van der Waals surface area contributed by atoms with Crippen LogP contribution in [0.4, 0.5) is 5.00 Å². The molecule has 5 rings (SSSR count). The molecule has 8 heteroatoms. The zero-order chi connectivity index (χ0) is 25.4. The number of halogens is 2. The third kappa shape index (κ3) is 4.61. The Morgan fingerprint density at radius 3 is 2.72 bits per heavy atom. The Morgan fingerprint density at radius 1 is 1.17 bits per heavy atom. The summed E-state index contributed by atoms with van der Waals surface area (Å²) in [5.41, 5.74) is 3.81. The maximum absolute atomic E-state index is 13.7. The van der Waals surface area contributed by atoms with E-state index in [0.29, 0.717) is 54.3 Å². The van der Waals surface area contributed by atoms with Crippen LogP contribution in [0.5, 0.6) is 0 Å². The molecular formula is C28H24Cl2N2O3S. The molecular weight excluding hydrogens is 515 g/mol. The van der Waals surface area contributed by atoms with E-state index in [1.165, 1.54) is 18.4 Å². The predicted octanol–water partition coefficient (Wildman–Crippen LogP) is 7.82. The first kappa shape index (κ1) is 24.8. The van der Waals surface area contributed by atoms with E-state index in [1.807, 2.05) is 24.3 Å². The number of benzene rings is 2. The van der Waals surface area contributed by atoms with Crippen LogP contribution in [-0.2, 0) is 17.6 Å². The lowest BCUT2D eigenvalue weighted by Crippen LogP contribution is -2.17. The van der Waals surface area contributed by atoms with Crippen LogP contribution in [0.1, 0.15) is 50.9 Å². The standard InChI is InChI=1S/C28H24Cl2N2O3S/c1-3-15-8-10-19-24(12-15)36-27(25(19)28(34)35-2)32-26(33)20-14-23(18-11-9-16(29)13-21(18)30)31-22-7-5-4-6-17(20)22/h4-7,9,11,13-15H,3,8,10,12H2,1-2H3,(H,32,33). The third-order valence-corrected chi connectivity index (χ3v) is 8.45. The molecule has 36 heavy (non-hydrogen) atoms. The van der Waals surface area contributed by atoms with Crippen LogP contribution < -0.4 is 5.32 Å². The minimum atomic E-state index is -0.425. The molecule has 1 aliphatic rings. The smallest absolute Gasteiger partial charge is 0.341 e. The van der Waals surface area contributed by atoms with Crippen LogP contribution in [0.15, 0.2) is 48.5 Å². The topological polar surface area (TPSA) is 68.3 Å². The van der Waals surface area contributed by atoms with Crippen LogP contribution in [0.2, 0.25) is 10.0 Å². The zero-order valence-corrected chi connectivity index (χ0v) is 22.2. The number of amides is 1. The fraction of sp³-hybridized carbons (Fsp3) is 0.250. The van der Waals surface area contributed by atoms with Crippen molar-refractivity contribution in [3.05, 3.63) is 80.1 Å². The minimum absolute atomic E-state index is 0.323. The second kappa shape index (κ2) is 10.2. The number of fused-ring (bicyclic) bond motifs is 2. The van der Waals surface area contributed by atoms with Gasteiger partial charge in [0.15, 0.2) is 0 Å². The third-order valence-electron chi connectivity index (χ3n) is 6.73. The number of hydrogen-bond acceptors (Lipinski definition) is 5. The number of pyridine rings is 1. The molecule has 1 N–H and O–H groups in total. The second-order valence-corrected chi connectivity index (χ2v) is 10.8. The van der Waals surface area contributed by atoms with Gasteiger partial charge in [0.25, 0.3) is 5.91 Å². The summed E-state index contributed by atoms with van der Waals surface area (Å²) in [4.78, 5) is 32.3. The largest absolute Gasteiger partial charge is 0.465 e. The van der Waals surface area contributed by atoms with Gasteiger partial charge in [-0.3, -0.25) is 4.79 Å². The van der Waals surface area contributed by atoms with Crippen LogP contribution in [0.25, 0.3) is 22.2 Å². The Morgan fingerprint density at radius 2 is 1.97 bits per heavy atom. The number of esters is 1. The molecule has 0 fully saturated rings. The SMILES string of the molecule is CCC1CCc2c(sc(NC(=O)c3cc(-c4ccc(Cl)cc4Cl)nc4ccccc34)c2C(=O)OC)C1. The second-order valence-electron chi connectivity index (χ2n) is 8.87. The lowest BCUT2D eigenvalue weighted by atomic mass is 9.85. The van der Waals surface area contributed by atoms with Gasteiger partial charge in [-0.15, -0.1) is 11.3 Å². The first-order valence-electron chi connectivity index (χ1n) is 11.8. The number of carbonyl (C=O) groups excluding carboxylic acids is 2. The van der Waals surface area contributed by atoms with Gasteiger partial charge in [-0.05, 0) is 61.1 Å². The molecule has 0 saturated heterocycles. The average Bonchev–Trinajstić information content (AvgIpc) is 3.24. The van der Waals surface area contributed by atoms with Gasteiger partial charge in [-0.2, -0.15) is 0 Å². The van der Waals surface area contributed by atoms with Gasteiger partial charge in [0.2, 0.25) is 0 Å². The van der Waals surface area contributed by atoms with E-state index in [1.54, 1.807) is 24.3 Å². The van der Waals surface area contributed by atoms with E-state index >= 15 is 0 Å². The van der Waals surface area contributed by atoms with Gasteiger partial charge in [-0.25, -0.2) is 9.78 Å². The monoisotopic (exact) mass is 538 g/mol. The van der Waals surface area contributed by atoms with Crippen molar-refractivity contribution >= 4 is 62.3 Å². The maximum atomic E-state index is 13.7. The molecule has 4 aromatic rings. The lowest BCUT2D eigenvalue weighted by molar-refractivity contribution is 0.0601. The summed E-state index contributed by atoms with van der Waals surface area (Å²) in [5, 5.41) is 5.22. The first-order valence-corrected chi connectivity index (χ1v) is 13.4. The average molecular weight is 539 g/mol. The summed E-state index contributed by atoms with van der Waals surface area (Å²) in [7, 11) is 1.37. The van der Waals surface area contributed by atoms with Gasteiger partial charge in [0.05, 0.1) is 34.5 Å². The number of methoxy groups -OCH3 is 1. The lowest BCUT2D eigenvalue weighted by Gasteiger charge is -2.20. The van der Waals surface area contributed by atoms with E-state index in [4.69, 9.17) is 32.9 Å². The summed E-state index contributed by atoms with van der Waals surface area (Å²) in [6, 6.07) is 14.4. The number of hydrogen-bond donors (Lipinski definition) is 1. The molecule has 2 aromatic carbocycles. The van der Waals surface area contributed by atoms with Gasteiger partial charge in [0, 0.05) is 20.8 Å². The Labute approximate surface area is 223 Å². The molecule has 0 bridgehead atoms. The van der Waals surface area contributed by atoms with E-state index in [0.717, 1.165) is 36.1 Å². The number of carbonyl (C=O) groups is 2. The summed E-state index contributed by atoms with van der Waals surface area (Å²) in [5.74, 6) is -0.164. The van der Waals surface area contributed by atoms with Gasteiger partial charge >= 0.3 is 5.97 Å². The van der Waals surface area contributed by atoms with Crippen LogP contribution in [-0.4, -0.2) is 24.0 Å². The molecule has 0 aliphatic heterocycles. The van der Waals surface area contributed by atoms with E-state index in [-0.39, 0.29) is 5.91 Å². The molecule has 1 atom stereocenters. The molecule has 1 aliphatic carbocycles. The van der Waals surface area contributed by atoms with Crippen LogP contribution in [0.3, 0.4) is 0 Å². The quantitative estimate of drug-likeness (QED) is 0.263. The fourth-order valence-electron chi connectivity index (χ4n) is 4.78.